The zero-order valence-electron chi connectivity index (χ0n) is 14.9. The van der Waals surface area contributed by atoms with E-state index in [4.69, 9.17) is 13.9 Å². The van der Waals surface area contributed by atoms with Crippen molar-refractivity contribution in [3.05, 3.63) is 66.1 Å². The summed E-state index contributed by atoms with van der Waals surface area (Å²) in [6.07, 6.45) is 1.55. The quantitative estimate of drug-likeness (QED) is 0.678. The molecule has 0 unspecified atom stereocenters. The predicted molar refractivity (Wildman–Crippen MR) is 97.3 cm³/mol. The van der Waals surface area contributed by atoms with Gasteiger partial charge in [0.1, 0.15) is 18.6 Å². The maximum absolute atomic E-state index is 12.4. The zero-order valence-corrected chi connectivity index (χ0v) is 14.9. The number of hydrogen-bond donors (Lipinski definition) is 0. The Morgan fingerprint density at radius 1 is 1.12 bits per heavy atom. The Morgan fingerprint density at radius 3 is 2.58 bits per heavy atom. The van der Waals surface area contributed by atoms with Crippen LogP contribution in [-0.4, -0.2) is 37.0 Å². The summed E-state index contributed by atoms with van der Waals surface area (Å²) < 4.78 is 16.7. The summed E-state index contributed by atoms with van der Waals surface area (Å²) in [5.41, 5.74) is 1.94. The summed E-state index contributed by atoms with van der Waals surface area (Å²) in [4.78, 5) is 18.3. The van der Waals surface area contributed by atoms with Crippen molar-refractivity contribution in [2.45, 2.75) is 6.61 Å². The van der Waals surface area contributed by atoms with Gasteiger partial charge in [0.25, 0.3) is 5.91 Å². The maximum atomic E-state index is 12.4. The first kappa shape index (κ1) is 17.5. The SMILES string of the molecule is COc1cccc(C(=O)N(C)C)c1OCc1coc(-c2ccccc2)n1. The number of carbonyl (C=O) groups excluding carboxylic acids is 1. The summed E-state index contributed by atoms with van der Waals surface area (Å²) in [6.45, 7) is 0.157. The van der Waals surface area contributed by atoms with E-state index >= 15 is 0 Å². The fourth-order valence-electron chi connectivity index (χ4n) is 2.47. The molecule has 0 aliphatic rings. The van der Waals surface area contributed by atoms with E-state index in [0.717, 1.165) is 5.56 Å². The highest BCUT2D eigenvalue weighted by Gasteiger charge is 2.19. The molecule has 3 rings (SSSR count). The number of nitrogens with zero attached hydrogens (tertiary/aromatic N) is 2. The second-order valence-electron chi connectivity index (χ2n) is 5.84. The third-order valence-corrected chi connectivity index (χ3v) is 3.77. The van der Waals surface area contributed by atoms with Crippen molar-refractivity contribution in [3.8, 4) is 23.0 Å². The molecule has 1 amide bonds. The normalized spacial score (nSPS) is 10.4. The summed E-state index contributed by atoms with van der Waals surface area (Å²) in [5, 5.41) is 0. The van der Waals surface area contributed by atoms with Gasteiger partial charge in [0, 0.05) is 19.7 Å². The highest BCUT2D eigenvalue weighted by molar-refractivity contribution is 5.97. The molecule has 26 heavy (non-hydrogen) atoms. The van der Waals surface area contributed by atoms with Gasteiger partial charge in [-0.05, 0) is 24.3 Å². The Hall–Kier alpha value is -3.28. The van der Waals surface area contributed by atoms with Crippen LogP contribution in [-0.2, 0) is 6.61 Å². The lowest BCUT2D eigenvalue weighted by atomic mass is 10.1. The fraction of sp³-hybridized carbons (Fsp3) is 0.200. The first-order valence-corrected chi connectivity index (χ1v) is 8.11. The number of aromatic nitrogens is 1. The summed E-state index contributed by atoms with van der Waals surface area (Å²) in [7, 11) is 4.92. The Morgan fingerprint density at radius 2 is 1.88 bits per heavy atom. The van der Waals surface area contributed by atoms with E-state index in [1.54, 1.807) is 38.6 Å². The number of rotatable bonds is 6. The molecule has 6 heteroatoms. The van der Waals surface area contributed by atoms with Crippen LogP contribution >= 0.6 is 0 Å². The Balaban J connectivity index is 1.82. The van der Waals surface area contributed by atoms with Gasteiger partial charge in [-0.2, -0.15) is 0 Å². The van der Waals surface area contributed by atoms with E-state index in [2.05, 4.69) is 4.98 Å². The van der Waals surface area contributed by atoms with Crippen LogP contribution in [0.5, 0.6) is 11.5 Å². The molecule has 1 aromatic heterocycles. The standard InChI is InChI=1S/C20H20N2O4/c1-22(2)20(23)16-10-7-11-17(24-3)18(16)25-12-15-13-26-19(21-15)14-8-5-4-6-9-14/h4-11,13H,12H2,1-3H3. The number of benzene rings is 2. The summed E-state index contributed by atoms with van der Waals surface area (Å²) in [6, 6.07) is 14.8. The summed E-state index contributed by atoms with van der Waals surface area (Å²) in [5.74, 6) is 1.24. The van der Waals surface area contributed by atoms with Crippen LogP contribution in [0, 0.1) is 0 Å². The molecule has 0 radical (unpaired) electrons. The smallest absolute Gasteiger partial charge is 0.257 e. The fourth-order valence-corrected chi connectivity index (χ4v) is 2.47. The lowest BCUT2D eigenvalue weighted by Crippen LogP contribution is -2.22. The van der Waals surface area contributed by atoms with Gasteiger partial charge in [0.2, 0.25) is 5.89 Å². The van der Waals surface area contributed by atoms with Gasteiger partial charge >= 0.3 is 0 Å². The first-order chi connectivity index (χ1) is 12.6. The van der Waals surface area contributed by atoms with Crippen LogP contribution < -0.4 is 9.47 Å². The number of hydrogen-bond acceptors (Lipinski definition) is 5. The molecule has 3 aromatic rings. The number of carbonyl (C=O) groups is 1. The molecule has 134 valence electrons. The second kappa shape index (κ2) is 7.74. The largest absolute Gasteiger partial charge is 0.493 e. The van der Waals surface area contributed by atoms with Crippen LogP contribution in [0.3, 0.4) is 0 Å². The van der Waals surface area contributed by atoms with Crippen LogP contribution in [0.4, 0.5) is 0 Å². The van der Waals surface area contributed by atoms with Crippen molar-refractivity contribution in [1.29, 1.82) is 0 Å². The number of amides is 1. The van der Waals surface area contributed by atoms with E-state index in [0.29, 0.717) is 28.6 Å². The first-order valence-electron chi connectivity index (χ1n) is 8.11. The Bertz CT molecular complexity index is 888. The number of para-hydroxylation sites is 1. The topological polar surface area (TPSA) is 64.8 Å². The van der Waals surface area contributed by atoms with E-state index in [9.17, 15) is 4.79 Å². The number of oxazole rings is 1. The maximum Gasteiger partial charge on any atom is 0.257 e. The molecule has 0 saturated carbocycles. The molecule has 0 fully saturated rings. The minimum Gasteiger partial charge on any atom is -0.493 e. The van der Waals surface area contributed by atoms with Gasteiger partial charge < -0.3 is 18.8 Å². The zero-order chi connectivity index (χ0) is 18.5. The summed E-state index contributed by atoms with van der Waals surface area (Å²) >= 11 is 0. The van der Waals surface area contributed by atoms with Gasteiger partial charge in [0.05, 0.1) is 12.7 Å². The van der Waals surface area contributed by atoms with Gasteiger partial charge in [-0.25, -0.2) is 4.98 Å². The minimum absolute atomic E-state index is 0.157. The molecular weight excluding hydrogens is 332 g/mol. The molecule has 0 saturated heterocycles. The molecule has 0 atom stereocenters. The molecule has 0 aliphatic heterocycles. The third-order valence-electron chi connectivity index (χ3n) is 3.77. The van der Waals surface area contributed by atoms with Crippen LogP contribution in [0.25, 0.3) is 11.5 Å². The van der Waals surface area contributed by atoms with Gasteiger partial charge in [-0.3, -0.25) is 4.79 Å². The molecule has 0 bridgehead atoms. The molecule has 6 nitrogen and oxygen atoms in total. The molecule has 1 heterocycles. The highest BCUT2D eigenvalue weighted by atomic mass is 16.5. The van der Waals surface area contributed by atoms with Crippen molar-refractivity contribution in [2.75, 3.05) is 21.2 Å². The monoisotopic (exact) mass is 352 g/mol. The lowest BCUT2D eigenvalue weighted by Gasteiger charge is -2.16. The van der Waals surface area contributed by atoms with E-state index in [-0.39, 0.29) is 12.5 Å². The van der Waals surface area contributed by atoms with Crippen molar-refractivity contribution in [2.24, 2.45) is 0 Å². The van der Waals surface area contributed by atoms with Crippen LogP contribution in [0.1, 0.15) is 16.1 Å². The lowest BCUT2D eigenvalue weighted by molar-refractivity contribution is 0.0821. The Kier molecular flexibility index (Phi) is 5.22. The van der Waals surface area contributed by atoms with Gasteiger partial charge in [-0.15, -0.1) is 0 Å². The van der Waals surface area contributed by atoms with Crippen LogP contribution in [0.2, 0.25) is 0 Å². The van der Waals surface area contributed by atoms with Crippen molar-refractivity contribution in [3.63, 3.8) is 0 Å². The molecule has 0 spiro atoms. The highest BCUT2D eigenvalue weighted by Crippen LogP contribution is 2.32. The number of ether oxygens (including phenoxy) is 2. The van der Waals surface area contributed by atoms with Crippen LogP contribution in [0.15, 0.2) is 59.2 Å². The molecule has 2 aromatic carbocycles. The van der Waals surface area contributed by atoms with Crippen molar-refractivity contribution in [1.82, 2.24) is 9.88 Å². The Labute approximate surface area is 152 Å². The average Bonchev–Trinajstić information content (AvgIpc) is 3.15. The second-order valence-corrected chi connectivity index (χ2v) is 5.84. The average molecular weight is 352 g/mol. The molecule has 0 aliphatic carbocycles. The molecular formula is C20H20N2O4. The minimum atomic E-state index is -0.163. The third kappa shape index (κ3) is 3.69. The van der Waals surface area contributed by atoms with Gasteiger partial charge in [-0.1, -0.05) is 24.3 Å². The number of methoxy groups -OCH3 is 1. The van der Waals surface area contributed by atoms with E-state index in [1.807, 2.05) is 30.3 Å². The van der Waals surface area contributed by atoms with Crippen molar-refractivity contribution >= 4 is 5.91 Å². The molecule has 0 N–H and O–H groups in total. The predicted octanol–water partition coefficient (Wildman–Crippen LogP) is 3.63. The van der Waals surface area contributed by atoms with Gasteiger partial charge in [0.15, 0.2) is 11.5 Å². The van der Waals surface area contributed by atoms with Crippen molar-refractivity contribution < 1.29 is 18.7 Å². The van der Waals surface area contributed by atoms with E-state index in [1.165, 1.54) is 12.0 Å². The van der Waals surface area contributed by atoms with E-state index < -0.39 is 0 Å².